The number of nitrogens with zero attached hydrogens (tertiary/aromatic N) is 3. The molecule has 1 heterocycles. The molecule has 1 aliphatic heterocycles. The van der Waals surface area contributed by atoms with Gasteiger partial charge in [0.15, 0.2) is 0 Å². The number of nitrogens with one attached hydrogen (secondary N) is 1. The van der Waals surface area contributed by atoms with E-state index in [1.165, 1.54) is 4.31 Å². The van der Waals surface area contributed by atoms with Gasteiger partial charge in [-0.25, -0.2) is 17.5 Å². The van der Waals surface area contributed by atoms with Crippen molar-refractivity contribution < 1.29 is 36.3 Å². The standard InChI is InChI=1S/C25H34N4O3S.C2HF3O2/c1-19-7-8-20(2)23(18-19)33(31,32)29(4)16-5-6-24(30)28(3)17-13-21-9-11-22(12-10-21)25-26-14-15-27-25;3-2(4,5)1(6)7/h7-12,18H,5-6,13-17H2,1-4H3,(H,26,27);(H,6,7). The fourth-order valence-corrected chi connectivity index (χ4v) is 5.27. The van der Waals surface area contributed by atoms with Gasteiger partial charge in [0.25, 0.3) is 0 Å². The summed E-state index contributed by atoms with van der Waals surface area (Å²) in [6.45, 7) is 6.30. The maximum Gasteiger partial charge on any atom is 0.490 e. The third kappa shape index (κ3) is 9.63. The number of carboxylic acids is 1. The minimum absolute atomic E-state index is 0.0219. The number of alkyl halides is 3. The van der Waals surface area contributed by atoms with Gasteiger partial charge < -0.3 is 15.3 Å². The molecule has 2 aromatic carbocycles. The summed E-state index contributed by atoms with van der Waals surface area (Å²) in [7, 11) is -0.204. The molecule has 3 rings (SSSR count). The monoisotopic (exact) mass is 584 g/mol. The summed E-state index contributed by atoms with van der Waals surface area (Å²) < 4.78 is 58.9. The Kier molecular flexibility index (Phi) is 11.7. The van der Waals surface area contributed by atoms with Crippen molar-refractivity contribution in [2.75, 3.05) is 40.3 Å². The highest BCUT2D eigenvalue weighted by atomic mass is 32.2. The summed E-state index contributed by atoms with van der Waals surface area (Å²) >= 11 is 0. The fraction of sp³-hybridized carbons (Fsp3) is 0.444. The second-order valence-electron chi connectivity index (χ2n) is 9.42. The van der Waals surface area contributed by atoms with Gasteiger partial charge in [-0.15, -0.1) is 0 Å². The summed E-state index contributed by atoms with van der Waals surface area (Å²) in [5.41, 5.74) is 3.88. The maximum absolute atomic E-state index is 12.9. The van der Waals surface area contributed by atoms with Gasteiger partial charge >= 0.3 is 12.1 Å². The van der Waals surface area contributed by atoms with Crippen molar-refractivity contribution in [3.63, 3.8) is 0 Å². The molecule has 0 aromatic heterocycles. The normalized spacial score (nSPS) is 13.2. The van der Waals surface area contributed by atoms with Gasteiger partial charge in [-0.05, 0) is 49.4 Å². The Bertz CT molecular complexity index is 1310. The number of likely N-dealkylation sites (N-methyl/N-ethyl adjacent to an activating group) is 1. The van der Waals surface area contributed by atoms with Crippen molar-refractivity contribution in [1.29, 1.82) is 0 Å². The van der Waals surface area contributed by atoms with Crippen LogP contribution in [0.15, 0.2) is 52.4 Å². The van der Waals surface area contributed by atoms with Crippen molar-refractivity contribution in [2.45, 2.75) is 44.2 Å². The van der Waals surface area contributed by atoms with E-state index in [0.717, 1.165) is 47.6 Å². The zero-order valence-electron chi connectivity index (χ0n) is 23.0. The molecule has 1 aliphatic rings. The first-order valence-corrected chi connectivity index (χ1v) is 14.0. The van der Waals surface area contributed by atoms with Crippen LogP contribution in [0.25, 0.3) is 0 Å². The number of amidine groups is 1. The number of halogens is 3. The van der Waals surface area contributed by atoms with Gasteiger partial charge in [0.1, 0.15) is 5.84 Å². The molecule has 0 saturated heterocycles. The first kappa shape index (κ1) is 32.8. The van der Waals surface area contributed by atoms with Crippen LogP contribution in [0.5, 0.6) is 0 Å². The molecule has 0 bridgehead atoms. The van der Waals surface area contributed by atoms with Gasteiger partial charge in [0.05, 0.1) is 11.4 Å². The van der Waals surface area contributed by atoms with E-state index >= 15 is 0 Å². The second-order valence-corrected chi connectivity index (χ2v) is 11.4. The predicted octanol–water partition coefficient (Wildman–Crippen LogP) is 3.39. The molecule has 0 radical (unpaired) electrons. The molecule has 9 nitrogen and oxygen atoms in total. The molecular formula is C27H35F3N4O5S. The molecule has 0 atom stereocenters. The highest BCUT2D eigenvalue weighted by Crippen LogP contribution is 2.21. The van der Waals surface area contributed by atoms with Crippen molar-refractivity contribution in [1.82, 2.24) is 14.5 Å². The van der Waals surface area contributed by atoms with E-state index in [1.807, 2.05) is 19.1 Å². The van der Waals surface area contributed by atoms with Crippen LogP contribution in [0, 0.1) is 13.8 Å². The van der Waals surface area contributed by atoms with Gasteiger partial charge in [-0.3, -0.25) is 9.79 Å². The number of aryl methyl sites for hydroxylation is 2. The minimum atomic E-state index is -5.08. The average molecular weight is 585 g/mol. The lowest BCUT2D eigenvalue weighted by atomic mass is 10.1. The number of aliphatic imine (C=N–C) groups is 1. The van der Waals surface area contributed by atoms with E-state index in [-0.39, 0.29) is 5.91 Å². The van der Waals surface area contributed by atoms with Crippen LogP contribution >= 0.6 is 0 Å². The van der Waals surface area contributed by atoms with Crippen LogP contribution in [0.2, 0.25) is 0 Å². The van der Waals surface area contributed by atoms with E-state index in [1.54, 1.807) is 32.0 Å². The van der Waals surface area contributed by atoms with Crippen LogP contribution < -0.4 is 5.32 Å². The summed E-state index contributed by atoms with van der Waals surface area (Å²) in [5.74, 6) is -1.79. The molecule has 2 N–H and O–H groups in total. The summed E-state index contributed by atoms with van der Waals surface area (Å²) in [6, 6.07) is 13.7. The Morgan fingerprint density at radius 3 is 2.23 bits per heavy atom. The number of amides is 1. The Morgan fingerprint density at radius 2 is 1.68 bits per heavy atom. The zero-order valence-corrected chi connectivity index (χ0v) is 23.8. The molecule has 0 spiro atoms. The third-order valence-corrected chi connectivity index (χ3v) is 8.20. The van der Waals surface area contributed by atoms with E-state index < -0.39 is 22.2 Å². The molecule has 0 fully saturated rings. The first-order chi connectivity index (χ1) is 18.6. The van der Waals surface area contributed by atoms with Crippen molar-refractivity contribution in [3.8, 4) is 0 Å². The highest BCUT2D eigenvalue weighted by Gasteiger charge is 2.38. The number of benzene rings is 2. The summed E-state index contributed by atoms with van der Waals surface area (Å²) in [4.78, 5) is 27.9. The number of carbonyl (C=O) groups excluding carboxylic acids is 1. The molecule has 2 aromatic rings. The molecule has 13 heteroatoms. The van der Waals surface area contributed by atoms with Gasteiger partial charge in [0.2, 0.25) is 15.9 Å². The lowest BCUT2D eigenvalue weighted by Crippen LogP contribution is -2.31. The maximum atomic E-state index is 12.9. The van der Waals surface area contributed by atoms with E-state index in [0.29, 0.717) is 30.8 Å². The SMILES string of the molecule is Cc1ccc(C)c(S(=O)(=O)N(C)CCCC(=O)N(C)CCc2ccc(C3=NCCN3)cc2)c1.O=C(O)C(F)(F)F. The first-order valence-electron chi connectivity index (χ1n) is 12.6. The smallest absolute Gasteiger partial charge is 0.475 e. The van der Waals surface area contributed by atoms with Crippen LogP contribution in [0.3, 0.4) is 0 Å². The average Bonchev–Trinajstić information content (AvgIpc) is 3.43. The molecule has 0 unspecified atom stereocenters. The third-order valence-electron chi connectivity index (χ3n) is 6.20. The van der Waals surface area contributed by atoms with E-state index in [4.69, 9.17) is 9.90 Å². The molecule has 0 saturated carbocycles. The lowest BCUT2D eigenvalue weighted by Gasteiger charge is -2.20. The zero-order chi connectivity index (χ0) is 30.1. The number of carboxylic acid groups (broad SMARTS) is 1. The highest BCUT2D eigenvalue weighted by molar-refractivity contribution is 7.89. The molecule has 40 heavy (non-hydrogen) atoms. The Morgan fingerprint density at radius 1 is 1.05 bits per heavy atom. The minimum Gasteiger partial charge on any atom is -0.475 e. The number of sulfonamides is 1. The second kappa shape index (κ2) is 14.3. The summed E-state index contributed by atoms with van der Waals surface area (Å²) in [6.07, 6.45) is -3.52. The van der Waals surface area contributed by atoms with E-state index in [9.17, 15) is 26.4 Å². The number of hydrogen-bond donors (Lipinski definition) is 2. The quantitative estimate of drug-likeness (QED) is 0.442. The number of aliphatic carboxylic acids is 1. The Hall–Kier alpha value is -3.45. The number of hydrogen-bond acceptors (Lipinski definition) is 6. The van der Waals surface area contributed by atoms with Crippen LogP contribution in [-0.2, 0) is 26.0 Å². The topological polar surface area (TPSA) is 119 Å². The molecule has 0 aliphatic carbocycles. The summed E-state index contributed by atoms with van der Waals surface area (Å²) in [5, 5.41) is 10.4. The molecule has 1 amide bonds. The van der Waals surface area contributed by atoms with Crippen LogP contribution in [0.4, 0.5) is 13.2 Å². The van der Waals surface area contributed by atoms with Crippen molar-refractivity contribution in [2.24, 2.45) is 4.99 Å². The number of carbonyl (C=O) groups is 2. The largest absolute Gasteiger partial charge is 0.490 e. The Balaban J connectivity index is 0.000000708. The predicted molar refractivity (Wildman–Crippen MR) is 146 cm³/mol. The molecular weight excluding hydrogens is 549 g/mol. The van der Waals surface area contributed by atoms with Crippen LogP contribution in [0.1, 0.15) is 35.1 Å². The van der Waals surface area contributed by atoms with Crippen LogP contribution in [-0.4, -0.2) is 86.9 Å². The van der Waals surface area contributed by atoms with Gasteiger partial charge in [-0.2, -0.15) is 13.2 Å². The lowest BCUT2D eigenvalue weighted by molar-refractivity contribution is -0.192. The van der Waals surface area contributed by atoms with Gasteiger partial charge in [-0.1, -0.05) is 36.4 Å². The van der Waals surface area contributed by atoms with Gasteiger partial charge in [0, 0.05) is 45.7 Å². The fourth-order valence-electron chi connectivity index (χ4n) is 3.76. The van der Waals surface area contributed by atoms with Crippen molar-refractivity contribution in [3.05, 3.63) is 64.7 Å². The van der Waals surface area contributed by atoms with Crippen molar-refractivity contribution >= 4 is 27.7 Å². The number of rotatable bonds is 10. The molecule has 220 valence electrons. The Labute approximate surface area is 232 Å². The van der Waals surface area contributed by atoms with E-state index in [2.05, 4.69) is 34.6 Å².